The number of anilines is 1. The summed E-state index contributed by atoms with van der Waals surface area (Å²) in [6.07, 6.45) is 3.76. The molecule has 0 spiro atoms. The smallest absolute Gasteiger partial charge is 0.243 e. The van der Waals surface area contributed by atoms with Gasteiger partial charge in [0.25, 0.3) is 0 Å². The second kappa shape index (κ2) is 6.64. The maximum atomic E-state index is 13.0. The Morgan fingerprint density at radius 2 is 2.00 bits per heavy atom. The Bertz CT molecular complexity index is 613. The first-order valence-electron chi connectivity index (χ1n) is 7.06. The Morgan fingerprint density at radius 3 is 2.57 bits per heavy atom. The van der Waals surface area contributed by atoms with Crippen molar-refractivity contribution in [3.05, 3.63) is 22.2 Å². The number of hydrogen-bond acceptors (Lipinski definition) is 4. The lowest BCUT2D eigenvalue weighted by atomic mass is 10.2. The lowest BCUT2D eigenvalue weighted by Crippen LogP contribution is -2.41. The minimum Gasteiger partial charge on any atom is -0.398 e. The van der Waals surface area contributed by atoms with Crippen LogP contribution in [0.1, 0.15) is 31.2 Å². The Kier molecular flexibility index (Phi) is 5.29. The second-order valence-corrected chi connectivity index (χ2v) is 8.17. The summed E-state index contributed by atoms with van der Waals surface area (Å²) in [6.45, 7) is 1.65. The SMILES string of the molecule is Cc1c(N)cc(Br)cc1S(=O)(=O)N(CCO)C1CCCC1. The number of aliphatic hydroxyl groups is 1. The van der Waals surface area contributed by atoms with E-state index >= 15 is 0 Å². The van der Waals surface area contributed by atoms with Gasteiger partial charge in [0.2, 0.25) is 10.0 Å². The quantitative estimate of drug-likeness (QED) is 0.771. The first-order valence-corrected chi connectivity index (χ1v) is 9.29. The summed E-state index contributed by atoms with van der Waals surface area (Å²) >= 11 is 3.30. The van der Waals surface area contributed by atoms with Gasteiger partial charge in [-0.15, -0.1) is 0 Å². The largest absolute Gasteiger partial charge is 0.398 e. The fourth-order valence-electron chi connectivity index (χ4n) is 2.86. The van der Waals surface area contributed by atoms with Crippen LogP contribution < -0.4 is 5.73 Å². The molecule has 1 aliphatic rings. The molecule has 118 valence electrons. The molecule has 0 radical (unpaired) electrons. The molecule has 2 rings (SSSR count). The van der Waals surface area contributed by atoms with Crippen molar-refractivity contribution in [2.24, 2.45) is 0 Å². The average Bonchev–Trinajstić information content (AvgIpc) is 2.93. The van der Waals surface area contributed by atoms with Crippen LogP contribution in [-0.4, -0.2) is 37.0 Å². The Labute approximate surface area is 134 Å². The van der Waals surface area contributed by atoms with Crippen LogP contribution in [0, 0.1) is 6.92 Å². The van der Waals surface area contributed by atoms with Crippen molar-refractivity contribution in [1.82, 2.24) is 4.31 Å². The summed E-state index contributed by atoms with van der Waals surface area (Å²) in [4.78, 5) is 0.217. The molecule has 1 fully saturated rings. The number of benzene rings is 1. The van der Waals surface area contributed by atoms with E-state index in [9.17, 15) is 13.5 Å². The number of nitrogen functional groups attached to an aromatic ring is 1. The number of hydrogen-bond donors (Lipinski definition) is 2. The summed E-state index contributed by atoms with van der Waals surface area (Å²) in [7, 11) is -3.66. The Hall–Kier alpha value is -0.630. The fraction of sp³-hybridized carbons (Fsp3) is 0.571. The summed E-state index contributed by atoms with van der Waals surface area (Å²) in [5.74, 6) is 0. The van der Waals surface area contributed by atoms with Gasteiger partial charge in [0.05, 0.1) is 11.5 Å². The highest BCUT2D eigenvalue weighted by molar-refractivity contribution is 9.10. The van der Waals surface area contributed by atoms with Gasteiger partial charge in [-0.05, 0) is 37.5 Å². The highest BCUT2D eigenvalue weighted by atomic mass is 79.9. The topological polar surface area (TPSA) is 83.6 Å². The lowest BCUT2D eigenvalue weighted by molar-refractivity contribution is 0.226. The van der Waals surface area contributed by atoms with E-state index < -0.39 is 10.0 Å². The standard InChI is InChI=1S/C14H21BrN2O3S/c1-10-13(16)8-11(15)9-14(10)21(19,20)17(6-7-18)12-4-2-3-5-12/h8-9,12,18H,2-7,16H2,1H3. The van der Waals surface area contributed by atoms with Gasteiger partial charge in [-0.25, -0.2) is 8.42 Å². The number of sulfonamides is 1. The zero-order chi connectivity index (χ0) is 15.6. The molecule has 21 heavy (non-hydrogen) atoms. The number of rotatable bonds is 5. The molecule has 0 saturated heterocycles. The Morgan fingerprint density at radius 1 is 1.38 bits per heavy atom. The first-order chi connectivity index (χ1) is 9.87. The summed E-state index contributed by atoms with van der Waals surface area (Å²) in [5, 5.41) is 9.25. The van der Waals surface area contributed by atoms with Gasteiger partial charge >= 0.3 is 0 Å². The molecule has 0 atom stereocenters. The molecular weight excluding hydrogens is 356 g/mol. The van der Waals surface area contributed by atoms with E-state index in [2.05, 4.69) is 15.9 Å². The highest BCUT2D eigenvalue weighted by Gasteiger charge is 2.34. The molecule has 7 heteroatoms. The van der Waals surface area contributed by atoms with Crippen LogP contribution in [0.15, 0.2) is 21.5 Å². The van der Waals surface area contributed by atoms with Gasteiger partial charge < -0.3 is 10.8 Å². The van der Waals surface area contributed by atoms with Crippen molar-refractivity contribution in [3.8, 4) is 0 Å². The second-order valence-electron chi connectivity index (χ2n) is 5.40. The van der Waals surface area contributed by atoms with Crippen molar-refractivity contribution in [2.45, 2.75) is 43.5 Å². The van der Waals surface area contributed by atoms with Crippen molar-refractivity contribution < 1.29 is 13.5 Å². The fourth-order valence-corrected chi connectivity index (χ4v) is 5.44. The van der Waals surface area contributed by atoms with Crippen molar-refractivity contribution >= 4 is 31.6 Å². The maximum Gasteiger partial charge on any atom is 0.243 e. The molecule has 5 nitrogen and oxygen atoms in total. The van der Waals surface area contributed by atoms with Gasteiger partial charge in [-0.3, -0.25) is 0 Å². The van der Waals surface area contributed by atoms with Crippen molar-refractivity contribution in [1.29, 1.82) is 0 Å². The zero-order valence-electron chi connectivity index (χ0n) is 12.0. The normalized spacial score (nSPS) is 16.8. The number of halogens is 1. The molecule has 3 N–H and O–H groups in total. The van der Waals surface area contributed by atoms with Gasteiger partial charge in [0.15, 0.2) is 0 Å². The summed E-state index contributed by atoms with van der Waals surface area (Å²) < 4.78 is 28.0. The summed E-state index contributed by atoms with van der Waals surface area (Å²) in [6, 6.07) is 3.25. The molecule has 0 unspecified atom stereocenters. The number of nitrogens with two attached hydrogens (primary N) is 1. The molecule has 1 aromatic rings. The lowest BCUT2D eigenvalue weighted by Gasteiger charge is -2.28. The van der Waals surface area contributed by atoms with Crippen molar-refractivity contribution in [2.75, 3.05) is 18.9 Å². The van der Waals surface area contributed by atoms with Crippen LogP contribution in [0.2, 0.25) is 0 Å². The van der Waals surface area contributed by atoms with Crippen LogP contribution >= 0.6 is 15.9 Å². The van der Waals surface area contributed by atoms with Crippen LogP contribution in [0.4, 0.5) is 5.69 Å². The molecule has 1 aliphatic carbocycles. The predicted octanol–water partition coefficient (Wildman–Crippen LogP) is 2.27. The van der Waals surface area contributed by atoms with E-state index in [-0.39, 0.29) is 24.1 Å². The average molecular weight is 377 g/mol. The molecule has 0 aromatic heterocycles. The number of nitrogens with zero attached hydrogens (tertiary/aromatic N) is 1. The van der Waals surface area contributed by atoms with Gasteiger partial charge in [-0.2, -0.15) is 4.31 Å². The van der Waals surface area contributed by atoms with Crippen molar-refractivity contribution in [3.63, 3.8) is 0 Å². The van der Waals surface area contributed by atoms with E-state index in [0.717, 1.165) is 25.7 Å². The Balaban J connectivity index is 2.47. The molecule has 0 heterocycles. The maximum absolute atomic E-state index is 13.0. The predicted molar refractivity (Wildman–Crippen MR) is 86.5 cm³/mol. The molecular formula is C14H21BrN2O3S. The van der Waals surface area contributed by atoms with E-state index in [0.29, 0.717) is 15.7 Å². The van der Waals surface area contributed by atoms with E-state index in [1.807, 2.05) is 0 Å². The van der Waals surface area contributed by atoms with Crippen LogP contribution in [0.5, 0.6) is 0 Å². The summed E-state index contributed by atoms with van der Waals surface area (Å²) in [5.41, 5.74) is 6.88. The molecule has 0 bridgehead atoms. The monoisotopic (exact) mass is 376 g/mol. The van der Waals surface area contributed by atoms with Gasteiger partial charge in [0, 0.05) is 22.7 Å². The van der Waals surface area contributed by atoms with E-state index in [1.165, 1.54) is 4.31 Å². The van der Waals surface area contributed by atoms with Crippen LogP contribution in [0.25, 0.3) is 0 Å². The van der Waals surface area contributed by atoms with Gasteiger partial charge in [-0.1, -0.05) is 28.8 Å². The van der Waals surface area contributed by atoms with Crippen LogP contribution in [-0.2, 0) is 10.0 Å². The number of aliphatic hydroxyl groups excluding tert-OH is 1. The van der Waals surface area contributed by atoms with Crippen LogP contribution in [0.3, 0.4) is 0 Å². The molecule has 1 aromatic carbocycles. The van der Waals surface area contributed by atoms with Gasteiger partial charge in [0.1, 0.15) is 0 Å². The highest BCUT2D eigenvalue weighted by Crippen LogP contribution is 2.32. The van der Waals surface area contributed by atoms with E-state index in [1.54, 1.807) is 19.1 Å². The molecule has 0 aliphatic heterocycles. The molecule has 0 amide bonds. The van der Waals surface area contributed by atoms with E-state index in [4.69, 9.17) is 5.73 Å². The minimum absolute atomic E-state index is 0.0262. The third kappa shape index (κ3) is 3.41. The first kappa shape index (κ1) is 16.7. The third-order valence-electron chi connectivity index (χ3n) is 4.00. The zero-order valence-corrected chi connectivity index (χ0v) is 14.5. The molecule has 1 saturated carbocycles. The third-order valence-corrected chi connectivity index (χ3v) is 6.54. The minimum atomic E-state index is -3.66.